The molecule has 0 radical (unpaired) electrons. The summed E-state index contributed by atoms with van der Waals surface area (Å²) in [5, 5.41) is 3.12. The molecule has 0 aromatic heterocycles. The lowest BCUT2D eigenvalue weighted by molar-refractivity contribution is 0.0928. The van der Waals surface area contributed by atoms with Gasteiger partial charge in [0.15, 0.2) is 7.98 Å². The van der Waals surface area contributed by atoms with E-state index in [4.69, 9.17) is 4.74 Å². The molecule has 0 amide bonds. The van der Waals surface area contributed by atoms with E-state index in [-0.39, 0.29) is 0 Å². The third kappa shape index (κ3) is 8.58. The van der Waals surface area contributed by atoms with Crippen LogP contribution in [0.25, 0.3) is 0 Å². The molecule has 0 spiro atoms. The number of ether oxygens (including phenoxy) is 1. The molecule has 0 aromatic carbocycles. The highest BCUT2D eigenvalue weighted by atomic mass is 16.5. The van der Waals surface area contributed by atoms with Crippen molar-refractivity contribution >= 4 is 7.98 Å². The van der Waals surface area contributed by atoms with Crippen LogP contribution in [0.5, 0.6) is 0 Å². The van der Waals surface area contributed by atoms with Crippen LogP contribution in [0.1, 0.15) is 46.0 Å². The van der Waals surface area contributed by atoms with Gasteiger partial charge in [-0.15, -0.1) is 0 Å². The highest BCUT2D eigenvalue weighted by molar-refractivity contribution is 6.04. The summed E-state index contributed by atoms with van der Waals surface area (Å²) in [6.07, 6.45) is 6.36. The van der Waals surface area contributed by atoms with Gasteiger partial charge in [0.2, 0.25) is 0 Å². The molecule has 0 rings (SSSR count). The maximum atomic E-state index is 5.65. The van der Waals surface area contributed by atoms with Crippen LogP contribution in [0, 0.1) is 5.92 Å². The topological polar surface area (TPSA) is 21.3 Å². The molecule has 0 aromatic rings. The minimum Gasteiger partial charge on any atom is -0.381 e. The summed E-state index contributed by atoms with van der Waals surface area (Å²) in [6.45, 7) is 7.44. The monoisotopic (exact) mass is 199 g/mol. The zero-order chi connectivity index (χ0) is 10.6. The Hall–Kier alpha value is -0.0151. The zero-order valence-corrected chi connectivity index (χ0v) is 10.1. The predicted octanol–water partition coefficient (Wildman–Crippen LogP) is 1.75. The fourth-order valence-electron chi connectivity index (χ4n) is 1.50. The zero-order valence-electron chi connectivity index (χ0n) is 10.1. The molecular weight excluding hydrogens is 173 g/mol. The largest absolute Gasteiger partial charge is 0.381 e. The summed E-state index contributed by atoms with van der Waals surface area (Å²) >= 11 is 0. The maximum Gasteiger partial charge on any atom is 0.181 e. The van der Waals surface area contributed by atoms with Crippen molar-refractivity contribution in [3.05, 3.63) is 0 Å². The second-order valence-corrected chi connectivity index (χ2v) is 3.95. The van der Waals surface area contributed by atoms with Gasteiger partial charge in [0.1, 0.15) is 0 Å². The Morgan fingerprint density at radius 1 is 1.29 bits per heavy atom. The van der Waals surface area contributed by atoms with E-state index < -0.39 is 0 Å². The Morgan fingerprint density at radius 3 is 2.64 bits per heavy atom. The predicted molar refractivity (Wildman–Crippen MR) is 65.3 cm³/mol. The molecule has 1 N–H and O–H groups in total. The molecule has 0 aliphatic heterocycles. The van der Waals surface area contributed by atoms with Gasteiger partial charge < -0.3 is 9.96 Å². The van der Waals surface area contributed by atoms with E-state index in [2.05, 4.69) is 19.1 Å². The van der Waals surface area contributed by atoms with Crippen LogP contribution in [0.3, 0.4) is 0 Å². The summed E-state index contributed by atoms with van der Waals surface area (Å²) in [7, 11) is 1.98. The Morgan fingerprint density at radius 2 is 2.07 bits per heavy atom. The summed E-state index contributed by atoms with van der Waals surface area (Å²) in [4.78, 5) is 0. The molecule has 14 heavy (non-hydrogen) atoms. The van der Waals surface area contributed by atoms with Gasteiger partial charge in [-0.05, 0) is 25.3 Å². The van der Waals surface area contributed by atoms with Crippen LogP contribution in [0.15, 0.2) is 0 Å². The van der Waals surface area contributed by atoms with E-state index in [1.54, 1.807) is 0 Å². The van der Waals surface area contributed by atoms with Crippen LogP contribution >= 0.6 is 0 Å². The lowest BCUT2D eigenvalue weighted by Gasteiger charge is -2.14. The third-order valence-electron chi connectivity index (χ3n) is 2.61. The normalized spacial score (nSPS) is 13.0. The number of hydrogen-bond acceptors (Lipinski definition) is 2. The number of rotatable bonds is 10. The lowest BCUT2D eigenvalue weighted by atomic mass is 10.0. The minimum atomic E-state index is 0.782. The quantitative estimate of drug-likeness (QED) is 0.427. The van der Waals surface area contributed by atoms with Crippen molar-refractivity contribution in [2.75, 3.05) is 19.8 Å². The van der Waals surface area contributed by atoms with Gasteiger partial charge in [0.05, 0.1) is 0 Å². The Balaban J connectivity index is 3.24. The second kappa shape index (κ2) is 11.1. The molecule has 0 heterocycles. The molecule has 2 nitrogen and oxygen atoms in total. The first kappa shape index (κ1) is 14.0. The SMILES string of the molecule is BNCCCOCC(CC)CCCC. The molecule has 0 aliphatic carbocycles. The Labute approximate surface area is 90.2 Å². The van der Waals surface area contributed by atoms with Crippen molar-refractivity contribution in [1.82, 2.24) is 5.23 Å². The van der Waals surface area contributed by atoms with Crippen molar-refractivity contribution in [3.8, 4) is 0 Å². The molecule has 1 unspecified atom stereocenters. The molecule has 1 atom stereocenters. The van der Waals surface area contributed by atoms with Gasteiger partial charge >= 0.3 is 0 Å². The van der Waals surface area contributed by atoms with E-state index in [1.165, 1.54) is 25.7 Å². The maximum absolute atomic E-state index is 5.65. The number of hydrogen-bond donors (Lipinski definition) is 1. The first-order chi connectivity index (χ1) is 6.85. The van der Waals surface area contributed by atoms with Crippen LogP contribution in [-0.4, -0.2) is 27.7 Å². The fourth-order valence-corrected chi connectivity index (χ4v) is 1.50. The van der Waals surface area contributed by atoms with E-state index >= 15 is 0 Å². The van der Waals surface area contributed by atoms with Crippen LogP contribution in [0.2, 0.25) is 0 Å². The molecule has 0 bridgehead atoms. The standard InChI is InChI=1S/C11H26BNO/c1-3-5-7-11(4-2)10-14-9-6-8-13-12/h11,13H,3-10,12H2,1-2H3. The van der Waals surface area contributed by atoms with E-state index in [1.807, 2.05) is 7.98 Å². The molecular formula is C11H26BNO. The second-order valence-electron chi connectivity index (χ2n) is 3.95. The Kier molecular flexibility index (Phi) is 11.1. The summed E-state index contributed by atoms with van der Waals surface area (Å²) in [5.41, 5.74) is 0. The first-order valence-electron chi connectivity index (χ1n) is 6.07. The van der Waals surface area contributed by atoms with Gasteiger partial charge in [-0.3, -0.25) is 0 Å². The molecule has 0 fully saturated rings. The minimum absolute atomic E-state index is 0.782. The van der Waals surface area contributed by atoms with Crippen LogP contribution in [0.4, 0.5) is 0 Å². The van der Waals surface area contributed by atoms with Crippen molar-refractivity contribution in [3.63, 3.8) is 0 Å². The van der Waals surface area contributed by atoms with Crippen LogP contribution in [-0.2, 0) is 4.74 Å². The van der Waals surface area contributed by atoms with Gasteiger partial charge in [0, 0.05) is 13.2 Å². The van der Waals surface area contributed by atoms with Crippen LogP contribution < -0.4 is 5.23 Å². The highest BCUT2D eigenvalue weighted by Crippen LogP contribution is 2.12. The first-order valence-corrected chi connectivity index (χ1v) is 6.07. The molecule has 84 valence electrons. The van der Waals surface area contributed by atoms with Gasteiger partial charge in [0.25, 0.3) is 0 Å². The van der Waals surface area contributed by atoms with Crippen molar-refractivity contribution in [2.45, 2.75) is 46.0 Å². The van der Waals surface area contributed by atoms with Crippen molar-refractivity contribution in [2.24, 2.45) is 5.92 Å². The summed E-state index contributed by atoms with van der Waals surface area (Å²) in [6, 6.07) is 0. The van der Waals surface area contributed by atoms with E-state index in [9.17, 15) is 0 Å². The van der Waals surface area contributed by atoms with Crippen molar-refractivity contribution < 1.29 is 4.74 Å². The lowest BCUT2D eigenvalue weighted by Crippen LogP contribution is -2.14. The number of unbranched alkanes of at least 4 members (excludes halogenated alkanes) is 1. The summed E-state index contributed by atoms with van der Waals surface area (Å²) < 4.78 is 5.65. The third-order valence-corrected chi connectivity index (χ3v) is 2.61. The van der Waals surface area contributed by atoms with Gasteiger partial charge in [-0.2, -0.15) is 0 Å². The average molecular weight is 199 g/mol. The molecule has 0 saturated heterocycles. The average Bonchev–Trinajstić information content (AvgIpc) is 2.22. The number of nitrogens with one attached hydrogen (secondary N) is 1. The van der Waals surface area contributed by atoms with Gasteiger partial charge in [-0.25, -0.2) is 0 Å². The fraction of sp³-hybridized carbons (Fsp3) is 1.00. The van der Waals surface area contributed by atoms with E-state index in [0.717, 1.165) is 32.1 Å². The molecule has 0 aliphatic rings. The van der Waals surface area contributed by atoms with Gasteiger partial charge in [-0.1, -0.05) is 33.1 Å². The molecule has 3 heteroatoms. The van der Waals surface area contributed by atoms with E-state index in [0.29, 0.717) is 0 Å². The Bertz CT molecular complexity index is 111. The smallest absolute Gasteiger partial charge is 0.181 e. The highest BCUT2D eigenvalue weighted by Gasteiger charge is 2.04. The summed E-state index contributed by atoms with van der Waals surface area (Å²) in [5.74, 6) is 0.782. The van der Waals surface area contributed by atoms with Crippen molar-refractivity contribution in [1.29, 1.82) is 0 Å². The molecule has 0 saturated carbocycles.